The maximum atomic E-state index is 5.76. The van der Waals surface area contributed by atoms with Gasteiger partial charge in [0.1, 0.15) is 0 Å². The van der Waals surface area contributed by atoms with E-state index in [-0.39, 0.29) is 17.6 Å². The fourth-order valence-electron chi connectivity index (χ4n) is 3.28. The van der Waals surface area contributed by atoms with E-state index in [0.717, 1.165) is 12.8 Å². The molecule has 1 aromatic rings. The zero-order valence-electron chi connectivity index (χ0n) is 12.4. The van der Waals surface area contributed by atoms with Crippen LogP contribution in [-0.4, -0.2) is 19.3 Å². The number of benzene rings is 1. The molecule has 106 valence electrons. The van der Waals surface area contributed by atoms with E-state index in [9.17, 15) is 0 Å². The molecule has 0 saturated carbocycles. The van der Waals surface area contributed by atoms with Crippen LogP contribution in [0.15, 0.2) is 24.3 Å². The van der Waals surface area contributed by atoms with Crippen molar-refractivity contribution in [2.75, 3.05) is 7.11 Å². The number of fused-ring (bicyclic) bond motifs is 1. The largest absolute Gasteiger partial charge is 0.379 e. The van der Waals surface area contributed by atoms with Crippen molar-refractivity contribution >= 4 is 0 Å². The van der Waals surface area contributed by atoms with Crippen molar-refractivity contribution in [3.05, 3.63) is 35.4 Å². The summed E-state index contributed by atoms with van der Waals surface area (Å²) in [4.78, 5) is 0. The van der Waals surface area contributed by atoms with Crippen molar-refractivity contribution in [3.63, 3.8) is 0 Å². The highest BCUT2D eigenvalue weighted by molar-refractivity contribution is 5.40. The molecule has 2 rings (SSSR count). The summed E-state index contributed by atoms with van der Waals surface area (Å²) in [7, 11) is 1.77. The minimum Gasteiger partial charge on any atom is -0.379 e. The van der Waals surface area contributed by atoms with Crippen LogP contribution in [0, 0.1) is 5.41 Å². The predicted octanol–water partition coefficient (Wildman–Crippen LogP) is 2.61. The van der Waals surface area contributed by atoms with Gasteiger partial charge in [0.15, 0.2) is 0 Å². The molecule has 1 aliphatic carbocycles. The third kappa shape index (κ3) is 2.99. The van der Waals surface area contributed by atoms with E-state index >= 15 is 0 Å². The quantitative estimate of drug-likeness (QED) is 0.633. The number of hydrogen-bond acceptors (Lipinski definition) is 3. The Morgan fingerprint density at radius 3 is 2.58 bits per heavy atom. The summed E-state index contributed by atoms with van der Waals surface area (Å²) < 4.78 is 5.68. The molecule has 0 heterocycles. The number of nitrogens with one attached hydrogen (secondary N) is 1. The molecule has 3 N–H and O–H groups in total. The van der Waals surface area contributed by atoms with Crippen LogP contribution in [0.1, 0.15) is 44.2 Å². The summed E-state index contributed by atoms with van der Waals surface area (Å²) in [5, 5.41) is 0. The summed E-state index contributed by atoms with van der Waals surface area (Å²) in [5.41, 5.74) is 6.00. The third-order valence-electron chi connectivity index (χ3n) is 4.19. The van der Waals surface area contributed by atoms with Crippen LogP contribution in [0.25, 0.3) is 0 Å². The summed E-state index contributed by atoms with van der Waals surface area (Å²) in [6.45, 7) is 6.58. The maximum Gasteiger partial charge on any atom is 0.0786 e. The van der Waals surface area contributed by atoms with Crippen molar-refractivity contribution in [3.8, 4) is 0 Å². The Hall–Kier alpha value is -0.900. The number of hydrogen-bond donors (Lipinski definition) is 2. The molecule has 0 radical (unpaired) electrons. The zero-order chi connectivity index (χ0) is 14.0. The number of ether oxygens (including phenoxy) is 1. The number of methoxy groups -OCH3 is 1. The topological polar surface area (TPSA) is 47.3 Å². The van der Waals surface area contributed by atoms with Gasteiger partial charge < -0.3 is 4.74 Å². The van der Waals surface area contributed by atoms with E-state index in [2.05, 4.69) is 50.5 Å². The van der Waals surface area contributed by atoms with Gasteiger partial charge in [-0.25, -0.2) is 0 Å². The second kappa shape index (κ2) is 5.61. The molecule has 3 atom stereocenters. The molecule has 3 heteroatoms. The van der Waals surface area contributed by atoms with Crippen molar-refractivity contribution in [2.24, 2.45) is 11.3 Å². The predicted molar refractivity (Wildman–Crippen MR) is 78.9 cm³/mol. The summed E-state index contributed by atoms with van der Waals surface area (Å²) in [6, 6.07) is 8.86. The fraction of sp³-hybridized carbons (Fsp3) is 0.625. The Bertz CT molecular complexity index is 425. The molecule has 1 aliphatic rings. The molecule has 0 fully saturated rings. The standard InChI is InChI=1S/C16H26N2O/c1-16(2,3)15(19-4)14(18-17)10-12-9-11-7-5-6-8-13(11)12/h5-8,12,14-15,18H,9-10,17H2,1-4H3. The average molecular weight is 262 g/mol. The van der Waals surface area contributed by atoms with Gasteiger partial charge in [-0.1, -0.05) is 45.0 Å². The highest BCUT2D eigenvalue weighted by atomic mass is 16.5. The Labute approximate surface area is 116 Å². The second-order valence-electron chi connectivity index (χ2n) is 6.63. The second-order valence-corrected chi connectivity index (χ2v) is 6.63. The molecule has 0 amide bonds. The highest BCUT2D eigenvalue weighted by Gasteiger charge is 2.36. The van der Waals surface area contributed by atoms with Crippen LogP contribution in [0.2, 0.25) is 0 Å². The Morgan fingerprint density at radius 2 is 2.05 bits per heavy atom. The van der Waals surface area contributed by atoms with E-state index < -0.39 is 0 Å². The molecule has 0 aromatic heterocycles. The Morgan fingerprint density at radius 1 is 1.37 bits per heavy atom. The van der Waals surface area contributed by atoms with Gasteiger partial charge >= 0.3 is 0 Å². The third-order valence-corrected chi connectivity index (χ3v) is 4.19. The maximum absolute atomic E-state index is 5.76. The molecular weight excluding hydrogens is 236 g/mol. The van der Waals surface area contributed by atoms with Crippen LogP contribution in [0.3, 0.4) is 0 Å². The minimum atomic E-state index is 0.0784. The van der Waals surface area contributed by atoms with E-state index in [0.29, 0.717) is 5.92 Å². The smallest absolute Gasteiger partial charge is 0.0786 e. The lowest BCUT2D eigenvalue weighted by Crippen LogP contribution is -2.51. The van der Waals surface area contributed by atoms with Crippen LogP contribution in [0.5, 0.6) is 0 Å². The van der Waals surface area contributed by atoms with Crippen molar-refractivity contribution in [1.29, 1.82) is 0 Å². The minimum absolute atomic E-state index is 0.0784. The molecule has 0 aliphatic heterocycles. The van der Waals surface area contributed by atoms with Gasteiger partial charge in [-0.15, -0.1) is 0 Å². The van der Waals surface area contributed by atoms with Gasteiger partial charge in [0, 0.05) is 13.2 Å². The van der Waals surface area contributed by atoms with Crippen molar-refractivity contribution in [1.82, 2.24) is 5.43 Å². The molecule has 3 unspecified atom stereocenters. The summed E-state index contributed by atoms with van der Waals surface area (Å²) >= 11 is 0. The molecule has 0 saturated heterocycles. The van der Waals surface area contributed by atoms with Gasteiger partial charge in [0.25, 0.3) is 0 Å². The van der Waals surface area contributed by atoms with E-state index in [1.165, 1.54) is 11.1 Å². The number of hydrazine groups is 1. The molecule has 19 heavy (non-hydrogen) atoms. The lowest BCUT2D eigenvalue weighted by molar-refractivity contribution is -0.0153. The normalized spacial score (nSPS) is 21.4. The van der Waals surface area contributed by atoms with E-state index in [1.807, 2.05) is 0 Å². The molecule has 0 bridgehead atoms. The Balaban J connectivity index is 2.05. The van der Waals surface area contributed by atoms with Crippen molar-refractivity contribution in [2.45, 2.75) is 51.7 Å². The lowest BCUT2D eigenvalue weighted by atomic mass is 9.72. The zero-order valence-corrected chi connectivity index (χ0v) is 12.4. The molecular formula is C16H26N2O. The van der Waals surface area contributed by atoms with Crippen molar-refractivity contribution < 1.29 is 4.74 Å². The first-order valence-corrected chi connectivity index (χ1v) is 7.04. The van der Waals surface area contributed by atoms with Crippen LogP contribution >= 0.6 is 0 Å². The van der Waals surface area contributed by atoms with Gasteiger partial charge in [0.2, 0.25) is 0 Å². The number of rotatable bonds is 5. The van der Waals surface area contributed by atoms with Crippen LogP contribution < -0.4 is 11.3 Å². The van der Waals surface area contributed by atoms with Gasteiger partial charge in [-0.05, 0) is 35.3 Å². The van der Waals surface area contributed by atoms with E-state index in [1.54, 1.807) is 7.11 Å². The summed E-state index contributed by atoms with van der Waals surface area (Å²) in [6.07, 6.45) is 2.31. The fourth-order valence-corrected chi connectivity index (χ4v) is 3.28. The average Bonchev–Trinajstić information content (AvgIpc) is 2.33. The SMILES string of the molecule is COC(C(CC1Cc2ccccc21)NN)C(C)(C)C. The molecule has 0 spiro atoms. The van der Waals surface area contributed by atoms with Gasteiger partial charge in [0.05, 0.1) is 6.10 Å². The lowest BCUT2D eigenvalue weighted by Gasteiger charge is -2.39. The first kappa shape index (κ1) is 14.5. The van der Waals surface area contributed by atoms with Crippen LogP contribution in [-0.2, 0) is 11.2 Å². The highest BCUT2D eigenvalue weighted by Crippen LogP contribution is 2.39. The molecule has 1 aromatic carbocycles. The van der Waals surface area contributed by atoms with Gasteiger partial charge in [-0.3, -0.25) is 11.3 Å². The molecule has 3 nitrogen and oxygen atoms in total. The monoisotopic (exact) mass is 262 g/mol. The van der Waals surface area contributed by atoms with Gasteiger partial charge in [-0.2, -0.15) is 0 Å². The van der Waals surface area contributed by atoms with E-state index in [4.69, 9.17) is 10.6 Å². The van der Waals surface area contributed by atoms with Crippen LogP contribution in [0.4, 0.5) is 0 Å². The Kier molecular flexibility index (Phi) is 4.29. The number of nitrogens with two attached hydrogens (primary N) is 1. The first-order chi connectivity index (χ1) is 8.97. The summed E-state index contributed by atoms with van der Waals surface area (Å²) in [5.74, 6) is 6.37. The first-order valence-electron chi connectivity index (χ1n) is 7.04.